The Hall–Kier alpha value is -3.38. The van der Waals surface area contributed by atoms with Crippen LogP contribution in [0.4, 0.5) is 18.0 Å². The number of hydrogen-bond acceptors (Lipinski definition) is 7. The molecule has 4 heterocycles. The summed E-state index contributed by atoms with van der Waals surface area (Å²) in [6.45, 7) is 6.40. The summed E-state index contributed by atoms with van der Waals surface area (Å²) in [4.78, 5) is 33.3. The Morgan fingerprint density at radius 2 is 1.97 bits per heavy atom. The van der Waals surface area contributed by atoms with E-state index in [1.165, 1.54) is 12.3 Å². The number of piperidine rings is 1. The van der Waals surface area contributed by atoms with Gasteiger partial charge in [-0.25, -0.2) is 9.31 Å². The molecule has 1 saturated heterocycles. The summed E-state index contributed by atoms with van der Waals surface area (Å²) in [5.41, 5.74) is 0.500. The van der Waals surface area contributed by atoms with Gasteiger partial charge in [-0.1, -0.05) is 5.16 Å². The summed E-state index contributed by atoms with van der Waals surface area (Å²) in [5, 5.41) is 8.13. The first-order valence-corrected chi connectivity index (χ1v) is 11.4. The van der Waals surface area contributed by atoms with Crippen LogP contribution in [0.2, 0.25) is 0 Å². The molecule has 190 valence electrons. The normalized spacial score (nSPS) is 15.7. The van der Waals surface area contributed by atoms with Gasteiger partial charge in [0.25, 0.3) is 11.4 Å². The number of hydrogen-bond donors (Lipinski definition) is 1. The maximum absolute atomic E-state index is 12.4. The Bertz CT molecular complexity index is 1250. The minimum atomic E-state index is -4.24. The molecule has 0 saturated carbocycles. The predicted molar refractivity (Wildman–Crippen MR) is 118 cm³/mol. The number of halogens is 3. The summed E-state index contributed by atoms with van der Waals surface area (Å²) < 4.78 is 49.4. The van der Waals surface area contributed by atoms with E-state index in [0.29, 0.717) is 42.8 Å². The van der Waals surface area contributed by atoms with E-state index in [-0.39, 0.29) is 42.1 Å². The number of nitrogens with one attached hydrogen (secondary N) is 1. The lowest BCUT2D eigenvalue weighted by Gasteiger charge is -2.33. The zero-order chi connectivity index (χ0) is 25.4. The van der Waals surface area contributed by atoms with Crippen molar-refractivity contribution in [2.45, 2.75) is 70.6 Å². The number of nitrogens with zero attached hydrogens (tertiary/aromatic N) is 5. The number of ether oxygens (including phenoxy) is 1. The van der Waals surface area contributed by atoms with E-state index in [2.05, 4.69) is 20.2 Å². The lowest BCUT2D eigenvalue weighted by atomic mass is 9.93. The third-order valence-electron chi connectivity index (χ3n) is 5.66. The Balaban J connectivity index is 1.50. The lowest BCUT2D eigenvalue weighted by molar-refractivity contribution is -0.135. The molecular formula is C22H27F3N6O4. The summed E-state index contributed by atoms with van der Waals surface area (Å²) in [6, 6.07) is 1.48. The van der Waals surface area contributed by atoms with Gasteiger partial charge in [0, 0.05) is 37.9 Å². The number of likely N-dealkylation sites (tertiary alicyclic amines) is 1. The molecule has 10 nitrogen and oxygen atoms in total. The molecule has 1 fully saturated rings. The average molecular weight is 496 g/mol. The number of rotatable bonds is 5. The van der Waals surface area contributed by atoms with E-state index in [0.717, 1.165) is 0 Å². The molecule has 0 spiro atoms. The van der Waals surface area contributed by atoms with Crippen LogP contribution in [0.1, 0.15) is 63.9 Å². The Kier molecular flexibility index (Phi) is 6.60. The minimum absolute atomic E-state index is 0.0141. The van der Waals surface area contributed by atoms with Gasteiger partial charge in [-0.15, -0.1) is 0 Å². The molecule has 0 atom stereocenters. The molecule has 1 amide bonds. The molecule has 0 aromatic carbocycles. The van der Waals surface area contributed by atoms with Crippen LogP contribution in [0, 0.1) is 0 Å². The van der Waals surface area contributed by atoms with Gasteiger partial charge < -0.3 is 19.1 Å². The Morgan fingerprint density at radius 1 is 1.26 bits per heavy atom. The molecule has 4 rings (SSSR count). The van der Waals surface area contributed by atoms with Gasteiger partial charge in [-0.05, 0) is 40.0 Å². The first-order valence-electron chi connectivity index (χ1n) is 11.4. The van der Waals surface area contributed by atoms with Crippen LogP contribution < -0.4 is 5.56 Å². The van der Waals surface area contributed by atoms with Crippen LogP contribution in [0.15, 0.2) is 21.6 Å². The summed E-state index contributed by atoms with van der Waals surface area (Å²) >= 11 is 0. The number of carbonyl (C=O) groups excluding carboxylic acids is 1. The topological polar surface area (TPSA) is 119 Å². The van der Waals surface area contributed by atoms with Crippen LogP contribution in [0.5, 0.6) is 0 Å². The number of aromatic amines is 1. The first-order chi connectivity index (χ1) is 16.4. The third-order valence-corrected chi connectivity index (χ3v) is 5.66. The van der Waals surface area contributed by atoms with Gasteiger partial charge in [0.1, 0.15) is 16.8 Å². The summed E-state index contributed by atoms with van der Waals surface area (Å²) in [5.74, 6) is 0.193. The predicted octanol–water partition coefficient (Wildman–Crippen LogP) is 4.07. The zero-order valence-electron chi connectivity index (χ0n) is 19.7. The Morgan fingerprint density at radius 3 is 2.63 bits per heavy atom. The highest BCUT2D eigenvalue weighted by Crippen LogP contribution is 2.30. The van der Waals surface area contributed by atoms with E-state index in [1.54, 1.807) is 9.42 Å². The molecule has 3 aromatic heterocycles. The highest BCUT2D eigenvalue weighted by atomic mass is 19.4. The third kappa shape index (κ3) is 6.01. The first kappa shape index (κ1) is 24.7. The minimum Gasteiger partial charge on any atom is -0.444 e. The number of amides is 1. The monoisotopic (exact) mass is 496 g/mol. The van der Waals surface area contributed by atoms with E-state index >= 15 is 0 Å². The van der Waals surface area contributed by atoms with Crippen molar-refractivity contribution in [3.8, 4) is 11.5 Å². The van der Waals surface area contributed by atoms with Gasteiger partial charge in [0.2, 0.25) is 0 Å². The zero-order valence-corrected chi connectivity index (χ0v) is 19.7. The van der Waals surface area contributed by atoms with E-state index in [4.69, 9.17) is 9.26 Å². The van der Waals surface area contributed by atoms with Crippen molar-refractivity contribution in [3.05, 3.63) is 34.1 Å². The van der Waals surface area contributed by atoms with Crippen LogP contribution in [0.25, 0.3) is 17.1 Å². The smallest absolute Gasteiger partial charge is 0.410 e. The quantitative estimate of drug-likeness (QED) is 0.566. The number of alkyl halides is 3. The molecular weight excluding hydrogens is 469 g/mol. The van der Waals surface area contributed by atoms with Crippen molar-refractivity contribution in [2.75, 3.05) is 13.1 Å². The molecule has 13 heteroatoms. The maximum atomic E-state index is 12.4. The van der Waals surface area contributed by atoms with Crippen LogP contribution in [0.3, 0.4) is 0 Å². The fraction of sp³-hybridized carbons (Fsp3) is 0.591. The molecule has 0 bridgehead atoms. The lowest BCUT2D eigenvalue weighted by Crippen LogP contribution is -2.41. The van der Waals surface area contributed by atoms with Gasteiger partial charge in [0.15, 0.2) is 5.82 Å². The molecule has 1 N–H and O–H groups in total. The van der Waals surface area contributed by atoms with E-state index in [9.17, 15) is 22.8 Å². The molecule has 0 unspecified atom stereocenters. The van der Waals surface area contributed by atoms with Gasteiger partial charge >= 0.3 is 12.3 Å². The van der Waals surface area contributed by atoms with Crippen molar-refractivity contribution >= 4 is 11.7 Å². The van der Waals surface area contributed by atoms with E-state index in [1.807, 2.05) is 20.8 Å². The molecule has 3 aromatic rings. The average Bonchev–Trinajstić information content (AvgIpc) is 3.38. The van der Waals surface area contributed by atoms with Crippen molar-refractivity contribution in [1.82, 2.24) is 29.6 Å². The molecule has 0 aliphatic carbocycles. The molecule has 1 aliphatic heterocycles. The number of H-pyrrole nitrogens is 1. The molecule has 35 heavy (non-hydrogen) atoms. The van der Waals surface area contributed by atoms with Crippen LogP contribution in [-0.2, 0) is 11.2 Å². The molecule has 0 radical (unpaired) electrons. The van der Waals surface area contributed by atoms with Crippen molar-refractivity contribution in [2.24, 2.45) is 0 Å². The number of fused-ring (bicyclic) bond motifs is 1. The van der Waals surface area contributed by atoms with Crippen LogP contribution >= 0.6 is 0 Å². The highest BCUT2D eigenvalue weighted by molar-refractivity contribution is 5.71. The number of carbonyl (C=O) groups is 1. The van der Waals surface area contributed by atoms with Crippen molar-refractivity contribution in [3.63, 3.8) is 0 Å². The van der Waals surface area contributed by atoms with Gasteiger partial charge in [0.05, 0.1) is 11.9 Å². The van der Waals surface area contributed by atoms with E-state index < -0.39 is 18.2 Å². The standard InChI is InChI=1S/C22H27F3N6O4/c1-21(2,3)34-20(33)30-9-6-13(7-10-30)15-11-17(32)28-18-14(12-26-31(15)18)19-27-16(29-35-19)5-4-8-22(23,24)25/h11-13H,4-10H2,1-3H3,(H,28,32). The van der Waals surface area contributed by atoms with Gasteiger partial charge in [-0.2, -0.15) is 23.3 Å². The fourth-order valence-corrected chi connectivity index (χ4v) is 4.06. The summed E-state index contributed by atoms with van der Waals surface area (Å²) in [6.07, 6.45) is -2.97. The SMILES string of the molecule is CC(C)(C)OC(=O)N1CCC(c2cc(=O)[nH]c3c(-c4nc(CCCC(F)(F)F)no4)cnn23)CC1. The van der Waals surface area contributed by atoms with Gasteiger partial charge in [-0.3, -0.25) is 4.79 Å². The maximum Gasteiger partial charge on any atom is 0.410 e. The Labute approximate surface area is 198 Å². The van der Waals surface area contributed by atoms with Crippen LogP contribution in [-0.4, -0.2) is 60.6 Å². The fourth-order valence-electron chi connectivity index (χ4n) is 4.06. The van der Waals surface area contributed by atoms with Crippen molar-refractivity contribution in [1.29, 1.82) is 0 Å². The van der Waals surface area contributed by atoms with Crippen molar-refractivity contribution < 1.29 is 27.2 Å². The number of aryl methyl sites for hydroxylation is 1. The second-order valence-electron chi connectivity index (χ2n) is 9.60. The molecule has 1 aliphatic rings. The second kappa shape index (κ2) is 9.34. The summed E-state index contributed by atoms with van der Waals surface area (Å²) in [7, 11) is 0. The largest absolute Gasteiger partial charge is 0.444 e. The number of aromatic nitrogens is 5. The highest BCUT2D eigenvalue weighted by Gasteiger charge is 2.30. The second-order valence-corrected chi connectivity index (χ2v) is 9.60.